The van der Waals surface area contributed by atoms with Crippen molar-refractivity contribution in [2.45, 2.75) is 13.8 Å². The topological polar surface area (TPSA) is 64.7 Å². The molecule has 0 aliphatic carbocycles. The van der Waals surface area contributed by atoms with Crippen molar-refractivity contribution in [1.82, 2.24) is 20.9 Å². The molecule has 0 aliphatic heterocycles. The molecule has 0 heterocycles. The maximum atomic E-state index is 12.6. The molecule has 1 aromatic rings. The Hall–Kier alpha value is -1.68. The van der Waals surface area contributed by atoms with Gasteiger partial charge in [0.1, 0.15) is 15.9 Å². The number of rotatable bonds is 6. The number of carbonyl (C=O) groups is 2. The van der Waals surface area contributed by atoms with Crippen LogP contribution in [-0.2, 0) is 9.59 Å². The summed E-state index contributed by atoms with van der Waals surface area (Å²) in [6.07, 6.45) is 2.94. The molecule has 0 radical (unpaired) electrons. The van der Waals surface area contributed by atoms with Gasteiger partial charge in [0.25, 0.3) is 11.8 Å². The third-order valence-electron chi connectivity index (χ3n) is 4.12. The number of amides is 2. The maximum Gasteiger partial charge on any atom is 0.250 e. The van der Waals surface area contributed by atoms with Crippen LogP contribution in [0, 0.1) is 5.92 Å². The second-order valence-corrected chi connectivity index (χ2v) is 9.34. The molecular formula is C21H22Cl4N4O2S2. The van der Waals surface area contributed by atoms with Crippen LogP contribution in [0.3, 0.4) is 0 Å². The molecule has 0 fully saturated rings. The molecule has 1 aromatic carbocycles. The van der Waals surface area contributed by atoms with Gasteiger partial charge in [-0.2, -0.15) is 0 Å². The molecular weight excluding hydrogens is 546 g/mol. The number of nitrogens with one attached hydrogen (secondary N) is 2. The fraction of sp³-hybridized carbons (Fsp3) is 0.238. The number of halogens is 4. The zero-order valence-corrected chi connectivity index (χ0v) is 22.9. The smallest absolute Gasteiger partial charge is 0.250 e. The lowest BCUT2D eigenvalue weighted by Gasteiger charge is -2.26. The van der Waals surface area contributed by atoms with E-state index < -0.39 is 17.7 Å². The Bertz CT molecular complexity index is 1040. The van der Waals surface area contributed by atoms with E-state index in [1.165, 1.54) is 37.1 Å². The van der Waals surface area contributed by atoms with Crippen molar-refractivity contribution < 1.29 is 9.59 Å². The predicted octanol–water partition coefficient (Wildman–Crippen LogP) is 5.38. The van der Waals surface area contributed by atoms with Crippen molar-refractivity contribution in [1.29, 1.82) is 0 Å². The Labute approximate surface area is 224 Å². The fourth-order valence-electron chi connectivity index (χ4n) is 2.31. The summed E-state index contributed by atoms with van der Waals surface area (Å²) in [6.45, 7) is 6.69. The largest absolute Gasteiger partial charge is 0.277 e. The number of hydrogen-bond donors (Lipinski definition) is 2. The SMILES string of the molecule is C=C/C(Cl)=C(\C=C(/C)Cl)C(=S)N(C)NC(=O)C(C)C(=O)NN(C)C(=S)c1cc(Cl)ccc1Cl. The van der Waals surface area contributed by atoms with Gasteiger partial charge in [-0.3, -0.25) is 30.5 Å². The summed E-state index contributed by atoms with van der Waals surface area (Å²) in [4.78, 5) is 25.6. The minimum absolute atomic E-state index is 0.176. The minimum atomic E-state index is -1.09. The molecule has 12 heteroatoms. The van der Waals surface area contributed by atoms with Crippen molar-refractivity contribution in [3.63, 3.8) is 0 Å². The van der Waals surface area contributed by atoms with Gasteiger partial charge in [0.2, 0.25) is 0 Å². The molecule has 2 amide bonds. The van der Waals surface area contributed by atoms with Crippen LogP contribution < -0.4 is 10.9 Å². The van der Waals surface area contributed by atoms with E-state index in [1.54, 1.807) is 31.2 Å². The first kappa shape index (κ1) is 29.4. The fourth-order valence-corrected chi connectivity index (χ4v) is 3.48. The Morgan fingerprint density at radius 2 is 1.64 bits per heavy atom. The van der Waals surface area contributed by atoms with Gasteiger partial charge in [0, 0.05) is 35.3 Å². The molecule has 0 aromatic heterocycles. The van der Waals surface area contributed by atoms with E-state index in [0.29, 0.717) is 26.2 Å². The van der Waals surface area contributed by atoms with Gasteiger partial charge in [-0.05, 0) is 38.1 Å². The average Bonchev–Trinajstić information content (AvgIpc) is 2.76. The van der Waals surface area contributed by atoms with Crippen LogP contribution in [0.1, 0.15) is 19.4 Å². The van der Waals surface area contributed by atoms with Gasteiger partial charge >= 0.3 is 0 Å². The predicted molar refractivity (Wildman–Crippen MR) is 144 cm³/mol. The highest BCUT2D eigenvalue weighted by Crippen LogP contribution is 2.22. The summed E-state index contributed by atoms with van der Waals surface area (Å²) in [6, 6.07) is 4.80. The zero-order valence-electron chi connectivity index (χ0n) is 18.2. The maximum absolute atomic E-state index is 12.6. The molecule has 0 saturated carbocycles. The van der Waals surface area contributed by atoms with E-state index in [0.717, 1.165) is 0 Å². The van der Waals surface area contributed by atoms with E-state index in [4.69, 9.17) is 70.8 Å². The first-order chi connectivity index (χ1) is 15.3. The standard InChI is InChI=1S/C21H22Cl4N4O2S2/c1-6-16(24)14(9-11(2)22)20(32)28(4)26-18(30)12(3)19(31)27-29(5)21(33)15-10-13(23)7-8-17(15)25/h6-10,12H,1H2,2-5H3,(H,26,30)(H,27,31)/b11-9+,16-14-. The van der Waals surface area contributed by atoms with Crippen LogP contribution in [0.2, 0.25) is 10.0 Å². The van der Waals surface area contributed by atoms with Gasteiger partial charge in [-0.1, -0.05) is 83.5 Å². The number of hydrogen-bond acceptors (Lipinski definition) is 4. The molecule has 2 N–H and O–H groups in total. The molecule has 1 rings (SSSR count). The van der Waals surface area contributed by atoms with Crippen LogP contribution in [0.4, 0.5) is 0 Å². The van der Waals surface area contributed by atoms with E-state index >= 15 is 0 Å². The van der Waals surface area contributed by atoms with Gasteiger partial charge in [-0.15, -0.1) is 0 Å². The first-order valence-electron chi connectivity index (χ1n) is 9.28. The lowest BCUT2D eigenvalue weighted by molar-refractivity contribution is -0.137. The van der Waals surface area contributed by atoms with Crippen LogP contribution in [0.25, 0.3) is 0 Å². The van der Waals surface area contributed by atoms with Crippen LogP contribution in [0.5, 0.6) is 0 Å². The second kappa shape index (κ2) is 13.3. The van der Waals surface area contributed by atoms with Gasteiger partial charge in [0.15, 0.2) is 0 Å². The van der Waals surface area contributed by atoms with Crippen molar-refractivity contribution >= 4 is 92.6 Å². The Kier molecular flexibility index (Phi) is 11.8. The van der Waals surface area contributed by atoms with E-state index in [9.17, 15) is 9.59 Å². The molecule has 6 nitrogen and oxygen atoms in total. The van der Waals surface area contributed by atoms with Gasteiger partial charge in [0.05, 0.1) is 10.1 Å². The quantitative estimate of drug-likeness (QED) is 0.158. The third kappa shape index (κ3) is 8.55. The number of thiocarbonyl (C=S) groups is 2. The number of allylic oxidation sites excluding steroid dienone is 3. The van der Waals surface area contributed by atoms with E-state index in [2.05, 4.69) is 17.4 Å². The van der Waals surface area contributed by atoms with E-state index in [-0.39, 0.29) is 15.0 Å². The van der Waals surface area contributed by atoms with Gasteiger partial charge in [-0.25, -0.2) is 0 Å². The Morgan fingerprint density at radius 1 is 1.09 bits per heavy atom. The summed E-state index contributed by atoms with van der Waals surface area (Å²) in [5.74, 6) is -2.31. The minimum Gasteiger partial charge on any atom is -0.277 e. The number of likely N-dealkylation sites (N-methyl/N-ethyl adjacent to an activating group) is 1. The van der Waals surface area contributed by atoms with Crippen molar-refractivity contribution in [3.05, 3.63) is 68.2 Å². The highest BCUT2D eigenvalue weighted by atomic mass is 35.5. The van der Waals surface area contributed by atoms with Crippen molar-refractivity contribution in [2.75, 3.05) is 14.1 Å². The second-order valence-electron chi connectivity index (χ2n) is 6.72. The number of hydrazine groups is 2. The number of benzene rings is 1. The van der Waals surface area contributed by atoms with Crippen molar-refractivity contribution in [2.24, 2.45) is 5.92 Å². The molecule has 1 unspecified atom stereocenters. The molecule has 178 valence electrons. The molecule has 33 heavy (non-hydrogen) atoms. The zero-order chi connectivity index (χ0) is 25.5. The average molecular weight is 568 g/mol. The normalized spacial score (nSPS) is 12.8. The molecule has 0 bridgehead atoms. The highest BCUT2D eigenvalue weighted by Gasteiger charge is 2.25. The Balaban J connectivity index is 2.87. The Morgan fingerprint density at radius 3 is 2.15 bits per heavy atom. The molecule has 0 saturated heterocycles. The first-order valence-corrected chi connectivity index (χ1v) is 11.6. The molecule has 1 atom stereocenters. The molecule has 0 spiro atoms. The van der Waals surface area contributed by atoms with E-state index in [1.807, 2.05) is 0 Å². The summed E-state index contributed by atoms with van der Waals surface area (Å²) in [5, 5.41) is 4.04. The summed E-state index contributed by atoms with van der Waals surface area (Å²) in [5.41, 5.74) is 5.95. The summed E-state index contributed by atoms with van der Waals surface area (Å²) < 4.78 is 0. The van der Waals surface area contributed by atoms with Crippen molar-refractivity contribution in [3.8, 4) is 0 Å². The summed E-state index contributed by atoms with van der Waals surface area (Å²) in [7, 11) is 3.04. The van der Waals surface area contributed by atoms with Crippen LogP contribution in [0.15, 0.2) is 52.6 Å². The monoisotopic (exact) mass is 566 g/mol. The molecule has 0 aliphatic rings. The van der Waals surface area contributed by atoms with Gasteiger partial charge < -0.3 is 0 Å². The third-order valence-corrected chi connectivity index (χ3v) is 6.14. The van der Waals surface area contributed by atoms with Crippen LogP contribution in [-0.4, -0.2) is 45.9 Å². The summed E-state index contributed by atoms with van der Waals surface area (Å²) >= 11 is 35.0. The number of nitrogens with zero attached hydrogens (tertiary/aromatic N) is 2. The highest BCUT2D eigenvalue weighted by molar-refractivity contribution is 7.81. The lowest BCUT2D eigenvalue weighted by Crippen LogP contribution is -2.51. The number of carbonyl (C=O) groups excluding carboxylic acids is 2. The lowest BCUT2D eigenvalue weighted by atomic mass is 10.1. The van der Waals surface area contributed by atoms with Crippen LogP contribution >= 0.6 is 70.8 Å².